The summed E-state index contributed by atoms with van der Waals surface area (Å²) in [5, 5.41) is 3.09. The smallest absolute Gasteiger partial charge is 0.243 e. The molecule has 0 unspecified atom stereocenters. The van der Waals surface area contributed by atoms with E-state index in [4.69, 9.17) is 0 Å². The highest BCUT2D eigenvalue weighted by atomic mass is 32.2. The lowest BCUT2D eigenvalue weighted by Gasteiger charge is -2.47. The number of carbonyl (C=O) groups is 1. The van der Waals surface area contributed by atoms with Crippen molar-refractivity contribution in [3.63, 3.8) is 0 Å². The number of sulfonamides is 1. The van der Waals surface area contributed by atoms with Gasteiger partial charge in [0.25, 0.3) is 0 Å². The van der Waals surface area contributed by atoms with E-state index in [9.17, 15) is 13.2 Å². The van der Waals surface area contributed by atoms with Gasteiger partial charge in [0.2, 0.25) is 15.9 Å². The quantitative estimate of drug-likeness (QED) is 0.920. The molecule has 2 heterocycles. The van der Waals surface area contributed by atoms with Crippen LogP contribution < -0.4 is 5.32 Å². The van der Waals surface area contributed by atoms with E-state index in [0.717, 1.165) is 24.8 Å². The maximum Gasteiger partial charge on any atom is 0.243 e. The lowest BCUT2D eigenvalue weighted by atomic mass is 9.80. The highest BCUT2D eigenvalue weighted by Crippen LogP contribution is 2.39. The number of amides is 1. The molecular formula is C17H24N2O3S. The van der Waals surface area contributed by atoms with Crippen molar-refractivity contribution >= 4 is 15.9 Å². The fourth-order valence-electron chi connectivity index (χ4n) is 4.12. The summed E-state index contributed by atoms with van der Waals surface area (Å²) in [5.74, 6) is 0.0400. The fourth-order valence-corrected chi connectivity index (χ4v) is 6.03. The normalized spacial score (nSPS) is 29.0. The minimum Gasteiger partial charge on any atom is -0.349 e. The number of carbonyl (C=O) groups excluding carboxylic acids is 1. The van der Waals surface area contributed by atoms with Crippen LogP contribution in [0.5, 0.6) is 0 Å². The largest absolute Gasteiger partial charge is 0.349 e. The monoisotopic (exact) mass is 336 g/mol. The van der Waals surface area contributed by atoms with E-state index in [1.165, 1.54) is 0 Å². The predicted octanol–water partition coefficient (Wildman–Crippen LogP) is 2.21. The summed E-state index contributed by atoms with van der Waals surface area (Å²) in [7, 11) is -3.54. The van der Waals surface area contributed by atoms with Crippen molar-refractivity contribution < 1.29 is 13.2 Å². The van der Waals surface area contributed by atoms with Crippen LogP contribution in [0.1, 0.15) is 44.6 Å². The lowest BCUT2D eigenvalue weighted by molar-refractivity contribution is -0.120. The van der Waals surface area contributed by atoms with Crippen LogP contribution in [-0.4, -0.2) is 36.8 Å². The molecule has 126 valence electrons. The number of hydrogen-bond donors (Lipinski definition) is 1. The zero-order valence-electron chi connectivity index (χ0n) is 13.7. The Morgan fingerprint density at radius 1 is 1.35 bits per heavy atom. The molecule has 0 aromatic heterocycles. The van der Waals surface area contributed by atoms with Gasteiger partial charge in [-0.3, -0.25) is 4.79 Å². The van der Waals surface area contributed by atoms with Crippen molar-refractivity contribution in [1.82, 2.24) is 9.62 Å². The summed E-state index contributed by atoms with van der Waals surface area (Å²) in [6, 6.07) is 6.87. The zero-order chi connectivity index (χ0) is 16.7. The molecule has 0 saturated carbocycles. The van der Waals surface area contributed by atoms with Crippen LogP contribution in [0, 0.1) is 6.92 Å². The minimum atomic E-state index is -3.54. The summed E-state index contributed by atoms with van der Waals surface area (Å²) in [4.78, 5) is 12.1. The molecule has 2 saturated heterocycles. The van der Waals surface area contributed by atoms with Gasteiger partial charge in [-0.25, -0.2) is 8.42 Å². The summed E-state index contributed by atoms with van der Waals surface area (Å²) in [5.41, 5.74) is 0.543. The lowest BCUT2D eigenvalue weighted by Crippen LogP contribution is -2.62. The van der Waals surface area contributed by atoms with Crippen molar-refractivity contribution in [2.24, 2.45) is 0 Å². The first kappa shape index (κ1) is 16.5. The standard InChI is InChI=1S/C17H24N2O3S/c1-3-15-17(10-8-16(20)18-17)9-5-11-19(15)23(21,22)14-7-4-6-13(2)12-14/h4,6-7,12,15H,3,5,8-11H2,1-2H3,(H,18,20)/t15-,17+/m0/s1. The summed E-state index contributed by atoms with van der Waals surface area (Å²) >= 11 is 0. The molecule has 2 aliphatic rings. The van der Waals surface area contributed by atoms with Crippen LogP contribution in [0.4, 0.5) is 0 Å². The van der Waals surface area contributed by atoms with E-state index in [2.05, 4.69) is 5.32 Å². The van der Waals surface area contributed by atoms with Crippen molar-refractivity contribution in [3.8, 4) is 0 Å². The van der Waals surface area contributed by atoms with Gasteiger partial charge in [0.15, 0.2) is 0 Å². The highest BCUT2D eigenvalue weighted by Gasteiger charge is 2.51. The molecule has 0 bridgehead atoms. The molecule has 0 radical (unpaired) electrons. The van der Waals surface area contributed by atoms with Crippen molar-refractivity contribution in [2.45, 2.75) is 62.4 Å². The number of nitrogens with zero attached hydrogens (tertiary/aromatic N) is 1. The molecule has 1 aromatic rings. The Balaban J connectivity index is 1.99. The Kier molecular flexibility index (Phi) is 4.23. The van der Waals surface area contributed by atoms with Crippen molar-refractivity contribution in [2.75, 3.05) is 6.54 Å². The summed E-state index contributed by atoms with van der Waals surface area (Å²) in [6.07, 6.45) is 3.56. The van der Waals surface area contributed by atoms with Crippen LogP contribution in [0.15, 0.2) is 29.2 Å². The average Bonchev–Trinajstić information content (AvgIpc) is 2.88. The van der Waals surface area contributed by atoms with E-state index in [1.54, 1.807) is 22.5 Å². The van der Waals surface area contributed by atoms with Gasteiger partial charge in [0, 0.05) is 19.0 Å². The SMILES string of the molecule is CC[C@@H]1N(S(=O)(=O)c2cccc(C)c2)CCC[C@@]12CCC(=O)N2. The Morgan fingerprint density at radius 3 is 2.74 bits per heavy atom. The van der Waals surface area contributed by atoms with Gasteiger partial charge >= 0.3 is 0 Å². The first-order valence-corrected chi connectivity index (χ1v) is 9.72. The maximum atomic E-state index is 13.1. The van der Waals surface area contributed by atoms with Crippen molar-refractivity contribution in [3.05, 3.63) is 29.8 Å². The number of benzene rings is 1. The summed E-state index contributed by atoms with van der Waals surface area (Å²) < 4.78 is 27.9. The molecule has 2 fully saturated rings. The molecular weight excluding hydrogens is 312 g/mol. The molecule has 3 rings (SSSR count). The number of aryl methyl sites for hydroxylation is 1. The second-order valence-electron chi connectivity index (χ2n) is 6.66. The van der Waals surface area contributed by atoms with Crippen LogP contribution >= 0.6 is 0 Å². The third kappa shape index (κ3) is 2.78. The molecule has 1 spiro atoms. The molecule has 2 aliphatic heterocycles. The van der Waals surface area contributed by atoms with Crippen LogP contribution in [0.3, 0.4) is 0 Å². The first-order chi connectivity index (χ1) is 10.9. The predicted molar refractivity (Wildman–Crippen MR) is 88.5 cm³/mol. The van der Waals surface area contributed by atoms with Gasteiger partial charge in [-0.1, -0.05) is 19.1 Å². The topological polar surface area (TPSA) is 66.5 Å². The number of rotatable bonds is 3. The van der Waals surface area contributed by atoms with Crippen LogP contribution in [-0.2, 0) is 14.8 Å². The molecule has 1 aromatic carbocycles. The zero-order valence-corrected chi connectivity index (χ0v) is 14.5. The van der Waals surface area contributed by atoms with E-state index in [1.807, 2.05) is 19.9 Å². The van der Waals surface area contributed by atoms with E-state index >= 15 is 0 Å². The highest BCUT2D eigenvalue weighted by molar-refractivity contribution is 7.89. The van der Waals surface area contributed by atoms with Gasteiger partial charge in [-0.2, -0.15) is 4.31 Å². The Labute approximate surface area is 138 Å². The van der Waals surface area contributed by atoms with Crippen molar-refractivity contribution in [1.29, 1.82) is 0 Å². The Bertz CT molecular complexity index is 716. The van der Waals surface area contributed by atoms with E-state index in [-0.39, 0.29) is 17.5 Å². The minimum absolute atomic E-state index is 0.0400. The third-order valence-corrected chi connectivity index (χ3v) is 7.06. The van der Waals surface area contributed by atoms with Crippen LogP contribution in [0.2, 0.25) is 0 Å². The van der Waals surface area contributed by atoms with Gasteiger partial charge in [-0.05, 0) is 50.3 Å². The number of hydrogen-bond acceptors (Lipinski definition) is 3. The molecule has 1 N–H and O–H groups in total. The Morgan fingerprint density at radius 2 is 2.13 bits per heavy atom. The molecule has 1 amide bonds. The molecule has 2 atom stereocenters. The second-order valence-corrected chi connectivity index (χ2v) is 8.55. The number of piperidine rings is 1. The van der Waals surface area contributed by atoms with E-state index in [0.29, 0.717) is 24.3 Å². The Hall–Kier alpha value is -1.40. The molecule has 0 aliphatic carbocycles. The second kappa shape index (κ2) is 5.91. The fraction of sp³-hybridized carbons (Fsp3) is 0.588. The summed E-state index contributed by atoms with van der Waals surface area (Å²) in [6.45, 7) is 4.42. The van der Waals surface area contributed by atoms with Gasteiger partial charge < -0.3 is 5.32 Å². The maximum absolute atomic E-state index is 13.1. The van der Waals surface area contributed by atoms with Gasteiger partial charge in [0.1, 0.15) is 0 Å². The molecule has 23 heavy (non-hydrogen) atoms. The molecule has 5 nitrogen and oxygen atoms in total. The third-order valence-electron chi connectivity index (χ3n) is 5.16. The first-order valence-electron chi connectivity index (χ1n) is 8.28. The average molecular weight is 336 g/mol. The number of nitrogens with one attached hydrogen (secondary N) is 1. The van der Waals surface area contributed by atoms with E-state index < -0.39 is 10.0 Å². The van der Waals surface area contributed by atoms with Gasteiger partial charge in [0.05, 0.1) is 10.4 Å². The van der Waals surface area contributed by atoms with Crippen LogP contribution in [0.25, 0.3) is 0 Å². The molecule has 6 heteroatoms. The van der Waals surface area contributed by atoms with Gasteiger partial charge in [-0.15, -0.1) is 0 Å².